The number of carboxylic acid groups (broad SMARTS) is 1. The van der Waals surface area contributed by atoms with E-state index in [9.17, 15) is 4.79 Å². The number of aliphatic carboxylic acids is 1. The van der Waals surface area contributed by atoms with Crippen LogP contribution in [0, 0.1) is 0 Å². The molecule has 0 spiro atoms. The summed E-state index contributed by atoms with van der Waals surface area (Å²) >= 11 is 1.73. The minimum Gasteiger partial charge on any atom is -0.481 e. The minimum absolute atomic E-state index is 0.0162. The highest BCUT2D eigenvalue weighted by molar-refractivity contribution is 7.99. The molecule has 2 aromatic rings. The SMILES string of the molecule is CC(CC(=O)O)n1nnnc1C1Cc2ccccc2S1. The molecule has 0 fully saturated rings. The summed E-state index contributed by atoms with van der Waals surface area (Å²) in [4.78, 5) is 12.1. The van der Waals surface area contributed by atoms with E-state index >= 15 is 0 Å². The first-order chi connectivity index (χ1) is 9.65. The Morgan fingerprint density at radius 3 is 3.10 bits per heavy atom. The highest BCUT2D eigenvalue weighted by Crippen LogP contribution is 2.45. The largest absolute Gasteiger partial charge is 0.481 e. The second-order valence-electron chi connectivity index (χ2n) is 4.85. The first-order valence-electron chi connectivity index (χ1n) is 6.39. The van der Waals surface area contributed by atoms with Gasteiger partial charge in [0.25, 0.3) is 0 Å². The number of carbonyl (C=O) groups is 1. The van der Waals surface area contributed by atoms with Crippen molar-refractivity contribution in [1.82, 2.24) is 20.2 Å². The van der Waals surface area contributed by atoms with Crippen LogP contribution in [-0.2, 0) is 11.2 Å². The van der Waals surface area contributed by atoms with Crippen LogP contribution in [0.15, 0.2) is 29.2 Å². The van der Waals surface area contributed by atoms with Crippen molar-refractivity contribution in [2.45, 2.75) is 36.0 Å². The molecule has 1 aliphatic heterocycles. The zero-order valence-corrected chi connectivity index (χ0v) is 11.7. The molecule has 2 unspecified atom stereocenters. The van der Waals surface area contributed by atoms with Gasteiger partial charge < -0.3 is 5.11 Å². The zero-order chi connectivity index (χ0) is 14.1. The van der Waals surface area contributed by atoms with Gasteiger partial charge in [0.2, 0.25) is 0 Å². The fraction of sp³-hybridized carbons (Fsp3) is 0.385. The maximum Gasteiger partial charge on any atom is 0.305 e. The van der Waals surface area contributed by atoms with Gasteiger partial charge in [-0.15, -0.1) is 16.9 Å². The van der Waals surface area contributed by atoms with Crippen LogP contribution in [-0.4, -0.2) is 31.3 Å². The smallest absolute Gasteiger partial charge is 0.305 e. The summed E-state index contributed by atoms with van der Waals surface area (Å²) in [6.07, 6.45) is 0.892. The van der Waals surface area contributed by atoms with E-state index in [4.69, 9.17) is 5.11 Å². The summed E-state index contributed by atoms with van der Waals surface area (Å²) < 4.78 is 1.64. The lowest BCUT2D eigenvalue weighted by atomic mass is 10.1. The Balaban J connectivity index is 1.83. The van der Waals surface area contributed by atoms with Crippen molar-refractivity contribution in [2.24, 2.45) is 0 Å². The second kappa shape index (κ2) is 5.24. The Morgan fingerprint density at radius 2 is 2.35 bits per heavy atom. The van der Waals surface area contributed by atoms with Gasteiger partial charge in [0.1, 0.15) is 0 Å². The van der Waals surface area contributed by atoms with Gasteiger partial charge >= 0.3 is 5.97 Å². The highest BCUT2D eigenvalue weighted by Gasteiger charge is 2.29. The molecule has 1 N–H and O–H groups in total. The summed E-state index contributed by atoms with van der Waals surface area (Å²) in [5.41, 5.74) is 1.29. The van der Waals surface area contributed by atoms with E-state index in [-0.39, 0.29) is 17.7 Å². The van der Waals surface area contributed by atoms with Crippen molar-refractivity contribution in [3.63, 3.8) is 0 Å². The number of hydrogen-bond donors (Lipinski definition) is 1. The molecule has 0 saturated heterocycles. The lowest BCUT2D eigenvalue weighted by Crippen LogP contribution is -2.16. The summed E-state index contributed by atoms with van der Waals surface area (Å²) in [5, 5.41) is 20.8. The average Bonchev–Trinajstić information content (AvgIpc) is 3.04. The third-order valence-electron chi connectivity index (χ3n) is 3.34. The third kappa shape index (κ3) is 2.40. The molecule has 1 aliphatic rings. The normalized spacial score (nSPS) is 18.8. The van der Waals surface area contributed by atoms with Crippen LogP contribution < -0.4 is 0 Å². The molecule has 2 heterocycles. The molecular weight excluding hydrogens is 276 g/mol. The topological polar surface area (TPSA) is 80.9 Å². The summed E-state index contributed by atoms with van der Waals surface area (Å²) in [7, 11) is 0. The lowest BCUT2D eigenvalue weighted by Gasteiger charge is -2.14. The fourth-order valence-electron chi connectivity index (χ4n) is 2.39. The van der Waals surface area contributed by atoms with Crippen LogP contribution in [0.4, 0.5) is 0 Å². The van der Waals surface area contributed by atoms with Crippen LogP contribution in [0.5, 0.6) is 0 Å². The predicted octanol–water partition coefficient (Wildman–Crippen LogP) is 2.10. The van der Waals surface area contributed by atoms with Gasteiger partial charge in [-0.05, 0) is 35.4 Å². The van der Waals surface area contributed by atoms with E-state index in [0.29, 0.717) is 0 Å². The Bertz CT molecular complexity index is 618. The molecule has 0 amide bonds. The van der Waals surface area contributed by atoms with Crippen molar-refractivity contribution in [1.29, 1.82) is 0 Å². The van der Waals surface area contributed by atoms with E-state index in [1.165, 1.54) is 10.5 Å². The van der Waals surface area contributed by atoms with Crippen LogP contribution >= 0.6 is 11.8 Å². The molecule has 3 rings (SSSR count). The van der Waals surface area contributed by atoms with Crippen LogP contribution in [0.1, 0.15) is 36.0 Å². The standard InChI is InChI=1S/C13H14N4O2S/c1-8(6-12(18)19)17-13(14-15-16-17)11-7-9-4-2-3-5-10(9)20-11/h2-5,8,11H,6-7H2,1H3,(H,18,19). The number of tetrazole rings is 1. The van der Waals surface area contributed by atoms with Gasteiger partial charge in [0.15, 0.2) is 5.82 Å². The van der Waals surface area contributed by atoms with Crippen molar-refractivity contribution in [3.8, 4) is 0 Å². The molecule has 0 aliphatic carbocycles. The van der Waals surface area contributed by atoms with Crippen LogP contribution in [0.25, 0.3) is 0 Å². The molecular formula is C13H14N4O2S. The minimum atomic E-state index is -0.846. The molecule has 2 atom stereocenters. The van der Waals surface area contributed by atoms with Gasteiger partial charge in [-0.1, -0.05) is 18.2 Å². The van der Waals surface area contributed by atoms with Crippen molar-refractivity contribution in [2.75, 3.05) is 0 Å². The molecule has 0 radical (unpaired) electrons. The molecule has 0 saturated carbocycles. The first kappa shape index (κ1) is 13.1. The number of hydrogen-bond acceptors (Lipinski definition) is 5. The van der Waals surface area contributed by atoms with Gasteiger partial charge in [-0.25, -0.2) is 4.68 Å². The van der Waals surface area contributed by atoms with E-state index in [1.807, 2.05) is 19.1 Å². The number of aromatic nitrogens is 4. The van der Waals surface area contributed by atoms with Gasteiger partial charge in [0, 0.05) is 4.90 Å². The Kier molecular flexibility index (Phi) is 3.43. The summed E-state index contributed by atoms with van der Waals surface area (Å²) in [6.45, 7) is 1.82. The molecule has 7 heteroatoms. The molecule has 1 aromatic carbocycles. The number of benzene rings is 1. The van der Waals surface area contributed by atoms with Crippen molar-refractivity contribution >= 4 is 17.7 Å². The van der Waals surface area contributed by atoms with Crippen LogP contribution in [0.3, 0.4) is 0 Å². The number of carboxylic acids is 1. The van der Waals surface area contributed by atoms with Crippen molar-refractivity contribution < 1.29 is 9.90 Å². The summed E-state index contributed by atoms with van der Waals surface area (Å²) in [6, 6.07) is 8.00. The van der Waals surface area contributed by atoms with Crippen LogP contribution in [0.2, 0.25) is 0 Å². The van der Waals surface area contributed by atoms with Gasteiger partial charge in [-0.3, -0.25) is 4.79 Å². The lowest BCUT2D eigenvalue weighted by molar-refractivity contribution is -0.137. The Morgan fingerprint density at radius 1 is 1.55 bits per heavy atom. The van der Waals surface area contributed by atoms with E-state index in [2.05, 4.69) is 27.7 Å². The molecule has 1 aromatic heterocycles. The second-order valence-corrected chi connectivity index (χ2v) is 6.09. The van der Waals surface area contributed by atoms with Gasteiger partial charge in [0.05, 0.1) is 17.7 Å². The maximum atomic E-state index is 10.8. The monoisotopic (exact) mass is 290 g/mol. The molecule has 6 nitrogen and oxygen atoms in total. The highest BCUT2D eigenvalue weighted by atomic mass is 32.2. The number of thioether (sulfide) groups is 1. The fourth-order valence-corrected chi connectivity index (χ4v) is 3.68. The summed E-state index contributed by atoms with van der Waals surface area (Å²) in [5.74, 6) is -0.0961. The first-order valence-corrected chi connectivity index (χ1v) is 7.27. The predicted molar refractivity (Wildman–Crippen MR) is 73.5 cm³/mol. The molecule has 104 valence electrons. The molecule has 0 bridgehead atoms. The Hall–Kier alpha value is -1.89. The maximum absolute atomic E-state index is 10.8. The number of fused-ring (bicyclic) bond motifs is 1. The third-order valence-corrected chi connectivity index (χ3v) is 4.66. The van der Waals surface area contributed by atoms with Gasteiger partial charge in [-0.2, -0.15) is 0 Å². The number of nitrogens with zero attached hydrogens (tertiary/aromatic N) is 4. The average molecular weight is 290 g/mol. The molecule has 20 heavy (non-hydrogen) atoms. The number of rotatable bonds is 4. The van der Waals surface area contributed by atoms with E-state index in [0.717, 1.165) is 12.2 Å². The Labute approximate surface area is 120 Å². The zero-order valence-electron chi connectivity index (χ0n) is 10.9. The quantitative estimate of drug-likeness (QED) is 0.928. The van der Waals surface area contributed by atoms with E-state index < -0.39 is 5.97 Å². The van der Waals surface area contributed by atoms with Crippen molar-refractivity contribution in [3.05, 3.63) is 35.7 Å². The van der Waals surface area contributed by atoms with E-state index in [1.54, 1.807) is 16.4 Å².